The van der Waals surface area contributed by atoms with Crippen LogP contribution in [0, 0.1) is 5.41 Å². The molecule has 0 bridgehead atoms. The van der Waals surface area contributed by atoms with Gasteiger partial charge in [-0.1, -0.05) is 12.1 Å². The maximum atomic E-state index is 7.61. The van der Waals surface area contributed by atoms with E-state index in [-0.39, 0.29) is 0 Å². The highest BCUT2D eigenvalue weighted by molar-refractivity contribution is 5.86. The number of nitrogens with one attached hydrogen (secondary N) is 1. The lowest BCUT2D eigenvalue weighted by molar-refractivity contribution is 0.408. The number of methoxy groups -OCH3 is 1. The van der Waals surface area contributed by atoms with Crippen molar-refractivity contribution in [1.82, 2.24) is 0 Å². The first-order valence-corrected chi connectivity index (χ1v) is 4.52. The van der Waals surface area contributed by atoms with Crippen LogP contribution in [-0.2, 0) is 12.8 Å². The van der Waals surface area contributed by atoms with E-state index < -0.39 is 0 Å². The molecule has 0 spiro atoms. The van der Waals surface area contributed by atoms with Crippen molar-refractivity contribution in [2.75, 3.05) is 7.11 Å². The van der Waals surface area contributed by atoms with Crippen molar-refractivity contribution < 1.29 is 4.74 Å². The molecular weight excluding hydrogens is 162 g/mol. The molecule has 1 N–H and O–H groups in total. The van der Waals surface area contributed by atoms with Gasteiger partial charge in [0, 0.05) is 12.1 Å². The predicted octanol–water partition coefficient (Wildman–Crippen LogP) is 2.20. The Morgan fingerprint density at radius 1 is 1.31 bits per heavy atom. The Labute approximate surface area is 78.0 Å². The van der Waals surface area contributed by atoms with Crippen molar-refractivity contribution in [3.05, 3.63) is 29.3 Å². The Balaban J connectivity index is 2.45. The minimum atomic E-state index is 0.798. The van der Waals surface area contributed by atoms with Crippen LogP contribution in [0.1, 0.15) is 17.5 Å². The van der Waals surface area contributed by atoms with E-state index in [0.29, 0.717) is 0 Å². The molecule has 2 rings (SSSR count). The maximum absolute atomic E-state index is 7.61. The summed E-state index contributed by atoms with van der Waals surface area (Å²) in [4.78, 5) is 0. The van der Waals surface area contributed by atoms with E-state index in [1.807, 2.05) is 12.1 Å². The molecule has 2 nitrogen and oxygen atoms in total. The lowest BCUT2D eigenvalue weighted by atomic mass is 9.90. The molecule has 0 unspecified atom stereocenters. The molecule has 0 aromatic heterocycles. The van der Waals surface area contributed by atoms with Gasteiger partial charge in [-0.05, 0) is 30.0 Å². The molecule has 68 valence electrons. The van der Waals surface area contributed by atoms with Crippen LogP contribution in [0.2, 0.25) is 0 Å². The van der Waals surface area contributed by atoms with Crippen LogP contribution in [0.4, 0.5) is 0 Å². The smallest absolute Gasteiger partial charge is 0.122 e. The number of hydrogen-bond acceptors (Lipinski definition) is 2. The van der Waals surface area contributed by atoms with E-state index in [1.54, 1.807) is 7.11 Å². The fourth-order valence-electron chi connectivity index (χ4n) is 1.85. The first kappa shape index (κ1) is 8.30. The fourth-order valence-corrected chi connectivity index (χ4v) is 1.85. The number of rotatable bonds is 1. The van der Waals surface area contributed by atoms with Gasteiger partial charge in [0.25, 0.3) is 0 Å². The Kier molecular flexibility index (Phi) is 2.05. The van der Waals surface area contributed by atoms with Crippen LogP contribution >= 0.6 is 0 Å². The molecular formula is C11H13NO. The molecule has 1 aromatic rings. The summed E-state index contributed by atoms with van der Waals surface area (Å²) in [6.45, 7) is 0. The number of hydrogen-bond donors (Lipinski definition) is 1. The molecule has 0 saturated carbocycles. The fraction of sp³-hybridized carbons (Fsp3) is 0.364. The van der Waals surface area contributed by atoms with E-state index in [9.17, 15) is 0 Å². The largest absolute Gasteiger partial charge is 0.496 e. The Morgan fingerprint density at radius 3 is 2.92 bits per heavy atom. The van der Waals surface area contributed by atoms with Crippen molar-refractivity contribution in [2.45, 2.75) is 19.3 Å². The predicted molar refractivity (Wildman–Crippen MR) is 52.7 cm³/mol. The third kappa shape index (κ3) is 1.44. The van der Waals surface area contributed by atoms with Gasteiger partial charge in [0.15, 0.2) is 0 Å². The molecule has 1 aromatic carbocycles. The van der Waals surface area contributed by atoms with Gasteiger partial charge in [0.2, 0.25) is 0 Å². The molecule has 0 aliphatic heterocycles. The molecule has 0 atom stereocenters. The molecule has 13 heavy (non-hydrogen) atoms. The third-order valence-electron chi connectivity index (χ3n) is 2.53. The van der Waals surface area contributed by atoms with E-state index in [4.69, 9.17) is 10.1 Å². The topological polar surface area (TPSA) is 33.1 Å². The summed E-state index contributed by atoms with van der Waals surface area (Å²) in [7, 11) is 1.70. The minimum absolute atomic E-state index is 0.798. The van der Waals surface area contributed by atoms with Crippen molar-refractivity contribution in [2.24, 2.45) is 0 Å². The van der Waals surface area contributed by atoms with Gasteiger partial charge in [-0.2, -0.15) is 0 Å². The highest BCUT2D eigenvalue weighted by atomic mass is 16.5. The first-order chi connectivity index (χ1) is 6.31. The van der Waals surface area contributed by atoms with Gasteiger partial charge >= 0.3 is 0 Å². The van der Waals surface area contributed by atoms with Crippen LogP contribution in [0.15, 0.2) is 18.2 Å². The van der Waals surface area contributed by atoms with Crippen LogP contribution in [0.25, 0.3) is 0 Å². The van der Waals surface area contributed by atoms with Crippen LogP contribution in [-0.4, -0.2) is 12.8 Å². The number of benzene rings is 1. The van der Waals surface area contributed by atoms with Gasteiger partial charge < -0.3 is 10.1 Å². The zero-order valence-electron chi connectivity index (χ0n) is 7.76. The standard InChI is InChI=1S/C11H13NO/c1-13-11-4-2-3-8-7-9(12)5-6-10(8)11/h2-4,12H,5-7H2,1H3. The summed E-state index contributed by atoms with van der Waals surface area (Å²) >= 11 is 0. The summed E-state index contributed by atoms with van der Waals surface area (Å²) in [5.74, 6) is 0.977. The summed E-state index contributed by atoms with van der Waals surface area (Å²) in [5.41, 5.74) is 3.39. The number of fused-ring (bicyclic) bond motifs is 1. The average molecular weight is 175 g/mol. The van der Waals surface area contributed by atoms with Gasteiger partial charge in [-0.25, -0.2) is 0 Å². The zero-order chi connectivity index (χ0) is 9.26. The molecule has 0 heterocycles. The summed E-state index contributed by atoms with van der Waals surface area (Å²) in [6.07, 6.45) is 2.64. The monoisotopic (exact) mass is 175 g/mol. The summed E-state index contributed by atoms with van der Waals surface area (Å²) < 4.78 is 5.28. The second kappa shape index (κ2) is 3.21. The van der Waals surface area contributed by atoms with Crippen molar-refractivity contribution in [3.8, 4) is 5.75 Å². The summed E-state index contributed by atoms with van der Waals surface area (Å²) in [6, 6.07) is 6.08. The first-order valence-electron chi connectivity index (χ1n) is 4.52. The van der Waals surface area contributed by atoms with Gasteiger partial charge in [-0.15, -0.1) is 0 Å². The van der Waals surface area contributed by atoms with Crippen LogP contribution < -0.4 is 4.74 Å². The lowest BCUT2D eigenvalue weighted by Crippen LogP contribution is -2.13. The zero-order valence-corrected chi connectivity index (χ0v) is 7.76. The Bertz CT molecular complexity index is 344. The van der Waals surface area contributed by atoms with E-state index in [1.165, 1.54) is 11.1 Å². The second-order valence-corrected chi connectivity index (χ2v) is 3.38. The van der Waals surface area contributed by atoms with Gasteiger partial charge in [-0.3, -0.25) is 0 Å². The average Bonchev–Trinajstić information content (AvgIpc) is 2.16. The van der Waals surface area contributed by atoms with Crippen molar-refractivity contribution in [1.29, 1.82) is 5.41 Å². The van der Waals surface area contributed by atoms with Gasteiger partial charge in [0.05, 0.1) is 7.11 Å². The maximum Gasteiger partial charge on any atom is 0.122 e. The van der Waals surface area contributed by atoms with Crippen molar-refractivity contribution in [3.63, 3.8) is 0 Å². The normalized spacial score (nSPS) is 15.3. The highest BCUT2D eigenvalue weighted by Gasteiger charge is 2.15. The lowest BCUT2D eigenvalue weighted by Gasteiger charge is -2.18. The molecule has 0 amide bonds. The molecule has 0 saturated heterocycles. The highest BCUT2D eigenvalue weighted by Crippen LogP contribution is 2.27. The Hall–Kier alpha value is -1.31. The molecule has 1 aliphatic carbocycles. The minimum Gasteiger partial charge on any atom is -0.496 e. The SMILES string of the molecule is COc1cccc2c1CCC(=N)C2. The van der Waals surface area contributed by atoms with Gasteiger partial charge in [0.1, 0.15) is 5.75 Å². The van der Waals surface area contributed by atoms with Crippen LogP contribution in [0.5, 0.6) is 5.75 Å². The molecule has 0 fully saturated rings. The molecule has 2 heteroatoms. The second-order valence-electron chi connectivity index (χ2n) is 3.38. The van der Waals surface area contributed by atoms with E-state index >= 15 is 0 Å². The Morgan fingerprint density at radius 2 is 2.15 bits per heavy atom. The quantitative estimate of drug-likeness (QED) is 0.697. The van der Waals surface area contributed by atoms with E-state index in [0.717, 1.165) is 30.7 Å². The van der Waals surface area contributed by atoms with Crippen LogP contribution in [0.3, 0.4) is 0 Å². The van der Waals surface area contributed by atoms with Crippen molar-refractivity contribution >= 4 is 5.71 Å². The summed E-state index contributed by atoms with van der Waals surface area (Å²) in [5, 5.41) is 7.61. The van der Waals surface area contributed by atoms with E-state index in [2.05, 4.69) is 6.07 Å². The number of ether oxygens (including phenoxy) is 1. The third-order valence-corrected chi connectivity index (χ3v) is 2.53. The molecule has 0 radical (unpaired) electrons. The molecule has 1 aliphatic rings.